The number of aldehydes is 1. The van der Waals surface area contributed by atoms with Crippen molar-refractivity contribution >= 4 is 12.3 Å². The first-order chi connectivity index (χ1) is 8.60. The van der Waals surface area contributed by atoms with E-state index in [4.69, 9.17) is 9.15 Å². The van der Waals surface area contributed by atoms with E-state index in [2.05, 4.69) is 0 Å². The SMILES string of the molecule is Cc1ccc(C)c(OC(=O)c2ccc(C=O)o2)c1. The fourth-order valence-corrected chi connectivity index (χ4v) is 1.49. The standard InChI is InChI=1S/C14H12O4/c1-9-3-4-10(2)13(7-9)18-14(16)12-6-5-11(8-15)17-12/h3-8H,1-2H3. The molecule has 1 aromatic heterocycles. The summed E-state index contributed by atoms with van der Waals surface area (Å²) in [4.78, 5) is 22.2. The highest BCUT2D eigenvalue weighted by Crippen LogP contribution is 2.20. The fraction of sp³-hybridized carbons (Fsp3) is 0.143. The second-order valence-electron chi connectivity index (χ2n) is 3.98. The summed E-state index contributed by atoms with van der Waals surface area (Å²) in [5.41, 5.74) is 1.85. The number of benzene rings is 1. The van der Waals surface area contributed by atoms with E-state index in [-0.39, 0.29) is 11.5 Å². The first-order valence-corrected chi connectivity index (χ1v) is 5.44. The molecule has 2 aromatic rings. The molecule has 4 nitrogen and oxygen atoms in total. The molecule has 0 aliphatic rings. The predicted molar refractivity (Wildman–Crippen MR) is 65.0 cm³/mol. The van der Waals surface area contributed by atoms with Gasteiger partial charge in [0.05, 0.1) is 0 Å². The van der Waals surface area contributed by atoms with Crippen LogP contribution < -0.4 is 4.74 Å². The van der Waals surface area contributed by atoms with Gasteiger partial charge in [-0.05, 0) is 43.2 Å². The maximum atomic E-state index is 11.8. The molecule has 0 atom stereocenters. The Morgan fingerprint density at radius 1 is 1.22 bits per heavy atom. The molecule has 2 rings (SSSR count). The lowest BCUT2D eigenvalue weighted by Crippen LogP contribution is -2.08. The molecular formula is C14H12O4. The molecule has 1 heterocycles. The maximum Gasteiger partial charge on any atom is 0.379 e. The van der Waals surface area contributed by atoms with Crippen LogP contribution in [0.15, 0.2) is 34.7 Å². The lowest BCUT2D eigenvalue weighted by molar-refractivity contribution is 0.0698. The average Bonchev–Trinajstić information content (AvgIpc) is 2.82. The number of furan rings is 1. The van der Waals surface area contributed by atoms with Crippen molar-refractivity contribution in [1.82, 2.24) is 0 Å². The zero-order valence-electron chi connectivity index (χ0n) is 10.1. The molecule has 0 amide bonds. The molecule has 0 aliphatic carbocycles. The van der Waals surface area contributed by atoms with E-state index < -0.39 is 5.97 Å². The minimum absolute atomic E-state index is 0.0120. The number of hydrogen-bond acceptors (Lipinski definition) is 4. The molecule has 0 fully saturated rings. The normalized spacial score (nSPS) is 10.1. The van der Waals surface area contributed by atoms with Gasteiger partial charge in [0.2, 0.25) is 5.76 Å². The Hall–Kier alpha value is -2.36. The topological polar surface area (TPSA) is 56.5 Å². The molecule has 92 valence electrons. The smallest absolute Gasteiger partial charge is 0.379 e. The Labute approximate surface area is 104 Å². The van der Waals surface area contributed by atoms with Crippen molar-refractivity contribution in [2.24, 2.45) is 0 Å². The Morgan fingerprint density at radius 2 is 2.00 bits per heavy atom. The van der Waals surface area contributed by atoms with E-state index in [0.717, 1.165) is 11.1 Å². The summed E-state index contributed by atoms with van der Waals surface area (Å²) in [6.07, 6.45) is 0.536. The van der Waals surface area contributed by atoms with Gasteiger partial charge in [-0.15, -0.1) is 0 Å². The van der Waals surface area contributed by atoms with Crippen LogP contribution in [0.1, 0.15) is 32.2 Å². The van der Waals surface area contributed by atoms with Crippen molar-refractivity contribution in [2.45, 2.75) is 13.8 Å². The van der Waals surface area contributed by atoms with Gasteiger partial charge < -0.3 is 9.15 Å². The molecule has 0 bridgehead atoms. The van der Waals surface area contributed by atoms with Crippen LogP contribution in [-0.4, -0.2) is 12.3 Å². The van der Waals surface area contributed by atoms with Crippen molar-refractivity contribution in [1.29, 1.82) is 0 Å². The molecule has 0 saturated heterocycles. The number of ether oxygens (including phenoxy) is 1. The van der Waals surface area contributed by atoms with Gasteiger partial charge in [-0.25, -0.2) is 4.79 Å². The molecule has 4 heteroatoms. The highest BCUT2D eigenvalue weighted by atomic mass is 16.5. The Morgan fingerprint density at radius 3 is 2.67 bits per heavy atom. The van der Waals surface area contributed by atoms with E-state index in [0.29, 0.717) is 12.0 Å². The molecular weight excluding hydrogens is 232 g/mol. The van der Waals surface area contributed by atoms with E-state index >= 15 is 0 Å². The summed E-state index contributed by atoms with van der Waals surface area (Å²) in [5.74, 6) is -0.0122. The predicted octanol–water partition coefficient (Wildman–Crippen LogP) is 2.93. The summed E-state index contributed by atoms with van der Waals surface area (Å²) >= 11 is 0. The number of rotatable bonds is 3. The van der Waals surface area contributed by atoms with Gasteiger partial charge in [-0.1, -0.05) is 12.1 Å². The molecule has 0 aliphatic heterocycles. The molecule has 18 heavy (non-hydrogen) atoms. The second kappa shape index (κ2) is 4.87. The van der Waals surface area contributed by atoms with Crippen LogP contribution >= 0.6 is 0 Å². The van der Waals surface area contributed by atoms with Gasteiger partial charge in [0.1, 0.15) is 5.75 Å². The zero-order chi connectivity index (χ0) is 13.1. The third kappa shape index (κ3) is 2.48. The average molecular weight is 244 g/mol. The molecule has 1 aromatic carbocycles. The van der Waals surface area contributed by atoms with Gasteiger partial charge >= 0.3 is 5.97 Å². The van der Waals surface area contributed by atoms with Crippen LogP contribution in [0.4, 0.5) is 0 Å². The van der Waals surface area contributed by atoms with E-state index in [1.807, 2.05) is 26.0 Å². The number of hydrogen-bond donors (Lipinski definition) is 0. The number of carbonyl (C=O) groups excluding carboxylic acids is 2. The summed E-state index contributed by atoms with van der Waals surface area (Å²) in [6.45, 7) is 3.76. The van der Waals surface area contributed by atoms with E-state index in [1.165, 1.54) is 12.1 Å². The van der Waals surface area contributed by atoms with Crippen molar-refractivity contribution in [2.75, 3.05) is 0 Å². The Kier molecular flexibility index (Phi) is 3.28. The fourth-order valence-electron chi connectivity index (χ4n) is 1.49. The maximum absolute atomic E-state index is 11.8. The highest BCUT2D eigenvalue weighted by molar-refractivity contribution is 5.89. The molecule has 0 spiro atoms. The molecule has 0 N–H and O–H groups in total. The van der Waals surface area contributed by atoms with Crippen LogP contribution in [0.5, 0.6) is 5.75 Å². The summed E-state index contributed by atoms with van der Waals surface area (Å²) in [6, 6.07) is 8.42. The van der Waals surface area contributed by atoms with Crippen molar-refractivity contribution < 1.29 is 18.7 Å². The van der Waals surface area contributed by atoms with E-state index in [1.54, 1.807) is 6.07 Å². The Bertz CT molecular complexity index is 596. The number of aryl methyl sites for hydroxylation is 2. The first kappa shape index (κ1) is 12.1. The molecule has 0 radical (unpaired) electrons. The van der Waals surface area contributed by atoms with Gasteiger partial charge in [-0.3, -0.25) is 4.79 Å². The van der Waals surface area contributed by atoms with Crippen LogP contribution in [0.2, 0.25) is 0 Å². The summed E-state index contributed by atoms with van der Waals surface area (Å²) < 4.78 is 10.2. The van der Waals surface area contributed by atoms with Gasteiger partial charge in [0.15, 0.2) is 12.0 Å². The number of carbonyl (C=O) groups is 2. The van der Waals surface area contributed by atoms with Gasteiger partial charge in [0, 0.05) is 0 Å². The van der Waals surface area contributed by atoms with Crippen molar-refractivity contribution in [3.05, 3.63) is 53.0 Å². The van der Waals surface area contributed by atoms with E-state index in [9.17, 15) is 9.59 Å². The zero-order valence-corrected chi connectivity index (χ0v) is 10.1. The lowest BCUT2D eigenvalue weighted by atomic mass is 10.1. The summed E-state index contributed by atoms with van der Waals surface area (Å²) in [5, 5.41) is 0. The summed E-state index contributed by atoms with van der Waals surface area (Å²) in [7, 11) is 0. The lowest BCUT2D eigenvalue weighted by Gasteiger charge is -2.06. The molecule has 0 unspecified atom stereocenters. The third-order valence-electron chi connectivity index (χ3n) is 2.49. The monoisotopic (exact) mass is 244 g/mol. The van der Waals surface area contributed by atoms with Crippen molar-refractivity contribution in [3.63, 3.8) is 0 Å². The van der Waals surface area contributed by atoms with Gasteiger partial charge in [0.25, 0.3) is 0 Å². The van der Waals surface area contributed by atoms with Crippen LogP contribution in [0, 0.1) is 13.8 Å². The van der Waals surface area contributed by atoms with Gasteiger partial charge in [-0.2, -0.15) is 0 Å². The minimum atomic E-state index is -0.614. The van der Waals surface area contributed by atoms with Crippen LogP contribution in [0.25, 0.3) is 0 Å². The molecule has 0 saturated carbocycles. The Balaban J connectivity index is 2.20. The number of esters is 1. The quantitative estimate of drug-likeness (QED) is 0.473. The highest BCUT2D eigenvalue weighted by Gasteiger charge is 2.14. The van der Waals surface area contributed by atoms with Crippen LogP contribution in [-0.2, 0) is 0 Å². The second-order valence-corrected chi connectivity index (χ2v) is 3.98. The largest absolute Gasteiger partial charge is 0.446 e. The third-order valence-corrected chi connectivity index (χ3v) is 2.49. The van der Waals surface area contributed by atoms with Crippen molar-refractivity contribution in [3.8, 4) is 5.75 Å². The van der Waals surface area contributed by atoms with Crippen LogP contribution in [0.3, 0.4) is 0 Å². The first-order valence-electron chi connectivity index (χ1n) is 5.44. The minimum Gasteiger partial charge on any atom is -0.446 e.